The maximum atomic E-state index is 5.16. The summed E-state index contributed by atoms with van der Waals surface area (Å²) in [6.07, 6.45) is 1.09. The van der Waals surface area contributed by atoms with Gasteiger partial charge < -0.3 is 9.47 Å². The van der Waals surface area contributed by atoms with Crippen molar-refractivity contribution in [3.63, 3.8) is 0 Å². The minimum Gasteiger partial charge on any atom is -0.379 e. The SMILES string of the molecule is CC.CCCOCCOCC. The van der Waals surface area contributed by atoms with Gasteiger partial charge in [-0.25, -0.2) is 0 Å². The predicted molar refractivity (Wildman–Crippen MR) is 49.0 cm³/mol. The monoisotopic (exact) mass is 162 g/mol. The Bertz CT molecular complexity index is 40.8. The minimum atomic E-state index is 0.733. The second kappa shape index (κ2) is 16.5. The molecule has 0 unspecified atom stereocenters. The quantitative estimate of drug-likeness (QED) is 0.559. The van der Waals surface area contributed by atoms with Crippen LogP contribution in [0.25, 0.3) is 0 Å². The third-order valence-corrected chi connectivity index (χ3v) is 0.925. The van der Waals surface area contributed by atoms with Gasteiger partial charge in [0.05, 0.1) is 13.2 Å². The van der Waals surface area contributed by atoms with E-state index in [9.17, 15) is 0 Å². The van der Waals surface area contributed by atoms with Crippen LogP contribution < -0.4 is 0 Å². The number of rotatable bonds is 6. The Morgan fingerprint density at radius 2 is 1.36 bits per heavy atom. The van der Waals surface area contributed by atoms with Gasteiger partial charge in [-0.1, -0.05) is 20.8 Å². The zero-order valence-corrected chi connectivity index (χ0v) is 8.35. The summed E-state index contributed by atoms with van der Waals surface area (Å²) in [5.74, 6) is 0. The standard InChI is InChI=1S/C7H16O2.C2H6/c1-3-5-9-7-6-8-4-2;1-2/h3-7H2,1-2H3;1-2H3. The second-order valence-electron chi connectivity index (χ2n) is 1.81. The average Bonchev–Trinajstić information content (AvgIpc) is 2.08. The first-order valence-corrected chi connectivity index (χ1v) is 4.57. The first-order valence-electron chi connectivity index (χ1n) is 4.57. The van der Waals surface area contributed by atoms with Crippen molar-refractivity contribution in [3.05, 3.63) is 0 Å². The molecule has 0 bridgehead atoms. The van der Waals surface area contributed by atoms with Crippen LogP contribution >= 0.6 is 0 Å². The molecule has 0 N–H and O–H groups in total. The zero-order chi connectivity index (χ0) is 8.95. The topological polar surface area (TPSA) is 18.5 Å². The molecule has 0 atom stereocenters. The van der Waals surface area contributed by atoms with Gasteiger partial charge in [-0.2, -0.15) is 0 Å². The van der Waals surface area contributed by atoms with Crippen molar-refractivity contribution in [1.29, 1.82) is 0 Å². The van der Waals surface area contributed by atoms with Crippen molar-refractivity contribution < 1.29 is 9.47 Å². The van der Waals surface area contributed by atoms with E-state index >= 15 is 0 Å². The van der Waals surface area contributed by atoms with E-state index in [1.54, 1.807) is 0 Å². The first-order chi connectivity index (χ1) is 5.41. The van der Waals surface area contributed by atoms with E-state index in [0.717, 1.165) is 32.8 Å². The fraction of sp³-hybridized carbons (Fsp3) is 1.00. The molecular formula is C9H22O2. The summed E-state index contributed by atoms with van der Waals surface area (Å²) in [6.45, 7) is 11.2. The van der Waals surface area contributed by atoms with E-state index in [1.165, 1.54) is 0 Å². The molecule has 0 spiro atoms. The first kappa shape index (κ1) is 13.5. The van der Waals surface area contributed by atoms with E-state index in [1.807, 2.05) is 20.8 Å². The lowest BCUT2D eigenvalue weighted by Crippen LogP contribution is -2.03. The molecule has 0 saturated heterocycles. The molecule has 0 heterocycles. The molecule has 0 fully saturated rings. The normalized spacial score (nSPS) is 8.73. The lowest BCUT2D eigenvalue weighted by molar-refractivity contribution is 0.0531. The molecule has 0 amide bonds. The lowest BCUT2D eigenvalue weighted by Gasteiger charge is -2.00. The molecule has 0 saturated carbocycles. The van der Waals surface area contributed by atoms with Gasteiger partial charge >= 0.3 is 0 Å². The summed E-state index contributed by atoms with van der Waals surface area (Å²) in [7, 11) is 0. The maximum Gasteiger partial charge on any atom is 0.0700 e. The Hall–Kier alpha value is -0.0800. The number of hydrogen-bond donors (Lipinski definition) is 0. The van der Waals surface area contributed by atoms with Crippen molar-refractivity contribution in [1.82, 2.24) is 0 Å². The van der Waals surface area contributed by atoms with E-state index in [4.69, 9.17) is 9.47 Å². The Morgan fingerprint density at radius 3 is 1.82 bits per heavy atom. The van der Waals surface area contributed by atoms with Crippen LogP contribution in [0.15, 0.2) is 0 Å². The van der Waals surface area contributed by atoms with Crippen LogP contribution in [0.5, 0.6) is 0 Å². The summed E-state index contributed by atoms with van der Waals surface area (Å²) in [5.41, 5.74) is 0. The van der Waals surface area contributed by atoms with Gasteiger partial charge in [0.2, 0.25) is 0 Å². The molecule has 0 radical (unpaired) electrons. The molecule has 70 valence electrons. The largest absolute Gasteiger partial charge is 0.379 e. The summed E-state index contributed by atoms with van der Waals surface area (Å²) >= 11 is 0. The van der Waals surface area contributed by atoms with Crippen molar-refractivity contribution in [2.75, 3.05) is 26.4 Å². The van der Waals surface area contributed by atoms with Gasteiger partial charge in [0.1, 0.15) is 0 Å². The third-order valence-electron chi connectivity index (χ3n) is 0.925. The van der Waals surface area contributed by atoms with Crippen LogP contribution in [0.3, 0.4) is 0 Å². The Balaban J connectivity index is 0. The molecule has 0 aromatic rings. The highest BCUT2D eigenvalue weighted by Gasteiger charge is 1.83. The summed E-state index contributed by atoms with van der Waals surface area (Å²) in [6, 6.07) is 0. The van der Waals surface area contributed by atoms with E-state index in [-0.39, 0.29) is 0 Å². The minimum absolute atomic E-state index is 0.733. The van der Waals surface area contributed by atoms with E-state index in [2.05, 4.69) is 6.92 Å². The van der Waals surface area contributed by atoms with Crippen LogP contribution in [0.2, 0.25) is 0 Å². The predicted octanol–water partition coefficient (Wildman–Crippen LogP) is 2.48. The molecule has 0 aromatic heterocycles. The van der Waals surface area contributed by atoms with Crippen molar-refractivity contribution >= 4 is 0 Å². The summed E-state index contributed by atoms with van der Waals surface area (Å²) in [5, 5.41) is 0. The highest BCUT2D eigenvalue weighted by atomic mass is 16.5. The molecule has 0 aromatic carbocycles. The van der Waals surface area contributed by atoms with Crippen molar-refractivity contribution in [3.8, 4) is 0 Å². The van der Waals surface area contributed by atoms with E-state index < -0.39 is 0 Å². The van der Waals surface area contributed by atoms with Gasteiger partial charge in [-0.15, -0.1) is 0 Å². The van der Waals surface area contributed by atoms with Crippen LogP contribution in [-0.4, -0.2) is 26.4 Å². The fourth-order valence-electron chi connectivity index (χ4n) is 0.509. The Kier molecular flexibility index (Phi) is 20.2. The second-order valence-corrected chi connectivity index (χ2v) is 1.81. The van der Waals surface area contributed by atoms with E-state index in [0.29, 0.717) is 0 Å². The summed E-state index contributed by atoms with van der Waals surface area (Å²) in [4.78, 5) is 0. The third kappa shape index (κ3) is 17.8. The van der Waals surface area contributed by atoms with Crippen molar-refractivity contribution in [2.24, 2.45) is 0 Å². The summed E-state index contributed by atoms with van der Waals surface area (Å²) < 4.78 is 10.2. The van der Waals surface area contributed by atoms with Gasteiger partial charge in [0.15, 0.2) is 0 Å². The van der Waals surface area contributed by atoms with Crippen LogP contribution in [0.1, 0.15) is 34.1 Å². The fourth-order valence-corrected chi connectivity index (χ4v) is 0.509. The average molecular weight is 162 g/mol. The van der Waals surface area contributed by atoms with Crippen LogP contribution in [0, 0.1) is 0 Å². The molecule has 0 rings (SSSR count). The molecule has 0 aliphatic carbocycles. The molecule has 2 heteroatoms. The van der Waals surface area contributed by atoms with Gasteiger partial charge in [-0.05, 0) is 13.3 Å². The Morgan fingerprint density at radius 1 is 0.818 bits per heavy atom. The lowest BCUT2D eigenvalue weighted by atomic mass is 10.5. The maximum absolute atomic E-state index is 5.16. The van der Waals surface area contributed by atoms with Crippen molar-refractivity contribution in [2.45, 2.75) is 34.1 Å². The van der Waals surface area contributed by atoms with Gasteiger partial charge in [0, 0.05) is 13.2 Å². The molecular weight excluding hydrogens is 140 g/mol. The molecule has 11 heavy (non-hydrogen) atoms. The molecule has 2 nitrogen and oxygen atoms in total. The van der Waals surface area contributed by atoms with Gasteiger partial charge in [-0.3, -0.25) is 0 Å². The van der Waals surface area contributed by atoms with Gasteiger partial charge in [0.25, 0.3) is 0 Å². The molecule has 0 aliphatic heterocycles. The smallest absolute Gasteiger partial charge is 0.0700 e. The number of hydrogen-bond acceptors (Lipinski definition) is 2. The van der Waals surface area contributed by atoms with Crippen LogP contribution in [-0.2, 0) is 9.47 Å². The van der Waals surface area contributed by atoms with Crippen LogP contribution in [0.4, 0.5) is 0 Å². The Labute approximate surface area is 70.9 Å². The zero-order valence-electron chi connectivity index (χ0n) is 8.35. The highest BCUT2D eigenvalue weighted by Crippen LogP contribution is 1.80. The number of ether oxygens (including phenoxy) is 2. The molecule has 0 aliphatic rings. The highest BCUT2D eigenvalue weighted by molar-refractivity contribution is 4.28.